The smallest absolute Gasteiger partial charge is 0.182 e. The van der Waals surface area contributed by atoms with Crippen LogP contribution in [0.1, 0.15) is 34.0 Å². The van der Waals surface area contributed by atoms with Gasteiger partial charge < -0.3 is 10.2 Å². The second kappa shape index (κ2) is 8.61. The standard InChI is InChI=1S/C21H26FN3O/c1-6-25(5)13-24-19-11-15(3)17(10-16(19)4)20(26)12-23-21-14(2)8-7-9-18(21)22/h7-11,13,23H,6,12H2,1-5H3. The molecular weight excluding hydrogens is 329 g/mol. The van der Waals surface area contributed by atoms with Gasteiger partial charge in [-0.05, 0) is 62.6 Å². The zero-order valence-corrected chi connectivity index (χ0v) is 16.1. The molecule has 0 saturated heterocycles. The number of nitrogens with one attached hydrogen (secondary N) is 1. The van der Waals surface area contributed by atoms with Crippen LogP contribution in [-0.2, 0) is 0 Å². The Kier molecular flexibility index (Phi) is 6.50. The first-order valence-corrected chi connectivity index (χ1v) is 8.71. The number of aliphatic imine (C=N–C) groups is 1. The number of aryl methyl sites for hydroxylation is 3. The quantitative estimate of drug-likeness (QED) is 0.446. The van der Waals surface area contributed by atoms with Crippen LogP contribution in [0, 0.1) is 26.6 Å². The molecule has 0 heterocycles. The van der Waals surface area contributed by atoms with Crippen LogP contribution in [0.25, 0.3) is 0 Å². The van der Waals surface area contributed by atoms with Gasteiger partial charge in [0, 0.05) is 19.2 Å². The Morgan fingerprint density at radius 3 is 2.58 bits per heavy atom. The van der Waals surface area contributed by atoms with Crippen molar-refractivity contribution in [3.8, 4) is 0 Å². The van der Waals surface area contributed by atoms with Crippen molar-refractivity contribution in [2.24, 2.45) is 4.99 Å². The van der Waals surface area contributed by atoms with E-state index in [1.807, 2.05) is 50.9 Å². The number of carbonyl (C=O) groups is 1. The van der Waals surface area contributed by atoms with Crippen LogP contribution >= 0.6 is 0 Å². The molecule has 0 aliphatic rings. The van der Waals surface area contributed by atoms with Crippen molar-refractivity contribution in [2.45, 2.75) is 27.7 Å². The van der Waals surface area contributed by atoms with Crippen molar-refractivity contribution in [1.82, 2.24) is 4.90 Å². The fourth-order valence-corrected chi connectivity index (χ4v) is 2.60. The molecule has 0 fully saturated rings. The molecule has 4 nitrogen and oxygen atoms in total. The van der Waals surface area contributed by atoms with E-state index in [1.54, 1.807) is 12.4 Å². The van der Waals surface area contributed by atoms with E-state index in [-0.39, 0.29) is 18.1 Å². The van der Waals surface area contributed by atoms with Gasteiger partial charge in [-0.1, -0.05) is 12.1 Å². The largest absolute Gasteiger partial charge is 0.375 e. The lowest BCUT2D eigenvalue weighted by atomic mass is 10.00. The van der Waals surface area contributed by atoms with Gasteiger partial charge in [0.25, 0.3) is 0 Å². The highest BCUT2D eigenvalue weighted by atomic mass is 19.1. The van der Waals surface area contributed by atoms with Crippen LogP contribution in [0.5, 0.6) is 0 Å². The van der Waals surface area contributed by atoms with Crippen molar-refractivity contribution in [3.63, 3.8) is 0 Å². The predicted octanol–water partition coefficient (Wildman–Crippen LogP) is 4.66. The molecule has 0 aromatic heterocycles. The van der Waals surface area contributed by atoms with Gasteiger partial charge in [0.15, 0.2) is 5.78 Å². The zero-order valence-electron chi connectivity index (χ0n) is 16.1. The van der Waals surface area contributed by atoms with Crippen LogP contribution in [0.15, 0.2) is 35.3 Å². The molecule has 0 saturated carbocycles. The number of nitrogens with zero attached hydrogens (tertiary/aromatic N) is 2. The molecule has 1 N–H and O–H groups in total. The molecular formula is C21H26FN3O. The summed E-state index contributed by atoms with van der Waals surface area (Å²) in [5.74, 6) is -0.426. The van der Waals surface area contributed by atoms with Crippen molar-refractivity contribution in [3.05, 3.63) is 58.4 Å². The number of hydrogen-bond donors (Lipinski definition) is 1. The highest BCUT2D eigenvalue weighted by Crippen LogP contribution is 2.24. The van der Waals surface area contributed by atoms with Crippen LogP contribution in [-0.4, -0.2) is 37.2 Å². The molecule has 0 aliphatic heterocycles. The Morgan fingerprint density at radius 2 is 1.92 bits per heavy atom. The summed E-state index contributed by atoms with van der Waals surface area (Å²) in [6.45, 7) is 8.61. The lowest BCUT2D eigenvalue weighted by Gasteiger charge is -2.13. The van der Waals surface area contributed by atoms with Gasteiger partial charge in [-0.15, -0.1) is 0 Å². The molecule has 0 atom stereocenters. The van der Waals surface area contributed by atoms with Crippen molar-refractivity contribution in [1.29, 1.82) is 0 Å². The highest BCUT2D eigenvalue weighted by Gasteiger charge is 2.13. The lowest BCUT2D eigenvalue weighted by molar-refractivity contribution is 0.101. The summed E-state index contributed by atoms with van der Waals surface area (Å²) in [7, 11) is 1.96. The number of rotatable bonds is 7. The summed E-state index contributed by atoms with van der Waals surface area (Å²) in [6, 6.07) is 8.62. The first-order valence-electron chi connectivity index (χ1n) is 8.71. The minimum Gasteiger partial charge on any atom is -0.375 e. The molecule has 0 amide bonds. The molecule has 2 aromatic carbocycles. The van der Waals surface area contributed by atoms with Gasteiger partial charge >= 0.3 is 0 Å². The van der Waals surface area contributed by atoms with E-state index in [1.165, 1.54) is 6.07 Å². The van der Waals surface area contributed by atoms with Crippen LogP contribution < -0.4 is 5.32 Å². The summed E-state index contributed by atoms with van der Waals surface area (Å²) < 4.78 is 13.9. The van der Waals surface area contributed by atoms with Crippen LogP contribution in [0.2, 0.25) is 0 Å². The average Bonchev–Trinajstić information content (AvgIpc) is 2.61. The van der Waals surface area contributed by atoms with Gasteiger partial charge in [-0.25, -0.2) is 9.38 Å². The number of carbonyl (C=O) groups excluding carboxylic acids is 1. The summed E-state index contributed by atoms with van der Waals surface area (Å²) >= 11 is 0. The minimum absolute atomic E-state index is 0.0449. The molecule has 5 heteroatoms. The van der Waals surface area contributed by atoms with Crippen LogP contribution in [0.3, 0.4) is 0 Å². The van der Waals surface area contributed by atoms with Gasteiger partial charge in [0.05, 0.1) is 24.3 Å². The summed E-state index contributed by atoms with van der Waals surface area (Å²) in [4.78, 5) is 19.1. The Hall–Kier alpha value is -2.69. The summed E-state index contributed by atoms with van der Waals surface area (Å²) in [6.07, 6.45) is 1.78. The van der Waals surface area contributed by atoms with E-state index in [0.717, 1.165) is 28.9 Å². The predicted molar refractivity (Wildman–Crippen MR) is 106 cm³/mol. The monoisotopic (exact) mass is 355 g/mol. The Morgan fingerprint density at radius 1 is 1.19 bits per heavy atom. The first-order chi connectivity index (χ1) is 12.3. The second-order valence-electron chi connectivity index (χ2n) is 6.48. The summed E-state index contributed by atoms with van der Waals surface area (Å²) in [5, 5.41) is 2.93. The number of benzene rings is 2. The fourth-order valence-electron chi connectivity index (χ4n) is 2.60. The number of halogens is 1. The van der Waals surface area contributed by atoms with Gasteiger partial charge in [-0.3, -0.25) is 4.79 Å². The molecule has 2 aromatic rings. The normalized spacial score (nSPS) is 11.0. The molecule has 2 rings (SSSR count). The Labute approximate surface area is 154 Å². The molecule has 138 valence electrons. The van der Waals surface area contributed by atoms with Crippen molar-refractivity contribution >= 4 is 23.5 Å². The Balaban J connectivity index is 2.17. The number of anilines is 1. The van der Waals surface area contributed by atoms with Crippen LogP contribution in [0.4, 0.5) is 15.8 Å². The zero-order chi connectivity index (χ0) is 19.3. The fraction of sp³-hybridized carbons (Fsp3) is 0.333. The number of ketones is 1. The first kappa shape index (κ1) is 19.6. The second-order valence-corrected chi connectivity index (χ2v) is 6.48. The number of Topliss-reactive ketones (excluding diaryl/α,β-unsaturated/α-hetero) is 1. The van der Waals surface area contributed by atoms with Gasteiger partial charge in [-0.2, -0.15) is 0 Å². The summed E-state index contributed by atoms with van der Waals surface area (Å²) in [5.41, 5.74) is 4.42. The third kappa shape index (κ3) is 4.69. The maximum Gasteiger partial charge on any atom is 0.182 e. The third-order valence-corrected chi connectivity index (χ3v) is 4.38. The van der Waals surface area contributed by atoms with E-state index in [2.05, 4.69) is 17.2 Å². The molecule has 0 unspecified atom stereocenters. The molecule has 0 spiro atoms. The number of para-hydroxylation sites is 1. The SMILES string of the molecule is CCN(C)C=Nc1cc(C)c(C(=O)CNc2c(C)cccc2F)cc1C. The highest BCUT2D eigenvalue weighted by molar-refractivity contribution is 6.01. The van der Waals surface area contributed by atoms with Gasteiger partial charge in [0.2, 0.25) is 0 Å². The molecule has 0 radical (unpaired) electrons. The Bertz CT molecular complexity index is 810. The molecule has 0 aliphatic carbocycles. The average molecular weight is 355 g/mol. The van der Waals surface area contributed by atoms with Crippen molar-refractivity contribution in [2.75, 3.05) is 25.5 Å². The van der Waals surface area contributed by atoms with E-state index in [4.69, 9.17) is 0 Å². The maximum atomic E-state index is 13.9. The maximum absolute atomic E-state index is 13.9. The molecule has 0 bridgehead atoms. The third-order valence-electron chi connectivity index (χ3n) is 4.38. The van der Waals surface area contributed by atoms with Gasteiger partial charge in [0.1, 0.15) is 5.82 Å². The number of hydrogen-bond acceptors (Lipinski definition) is 3. The van der Waals surface area contributed by atoms with E-state index >= 15 is 0 Å². The van der Waals surface area contributed by atoms with Crippen molar-refractivity contribution < 1.29 is 9.18 Å². The topological polar surface area (TPSA) is 44.7 Å². The van der Waals surface area contributed by atoms with E-state index in [9.17, 15) is 9.18 Å². The lowest BCUT2D eigenvalue weighted by Crippen LogP contribution is -2.17. The van der Waals surface area contributed by atoms with E-state index in [0.29, 0.717) is 11.3 Å². The molecule has 26 heavy (non-hydrogen) atoms. The minimum atomic E-state index is -0.351. The van der Waals surface area contributed by atoms with E-state index < -0.39 is 0 Å².